The van der Waals surface area contributed by atoms with Crippen LogP contribution in [-0.4, -0.2) is 228 Å². The van der Waals surface area contributed by atoms with E-state index in [-0.39, 0.29) is 39.0 Å². The number of benzene rings is 2. The molecule has 25 nitrogen and oxygen atoms in total. The van der Waals surface area contributed by atoms with E-state index >= 15 is 0 Å². The maximum atomic E-state index is 12.9. The summed E-state index contributed by atoms with van der Waals surface area (Å²) < 4.78 is 56.0. The molecule has 0 aliphatic carbocycles. The molecular formula is C39H52O25. The second-order valence-electron chi connectivity index (χ2n) is 15.9. The van der Waals surface area contributed by atoms with Crippen LogP contribution in [0, 0.1) is 6.92 Å². The number of fused-ring (bicyclic) bond motifs is 2. The minimum atomic E-state index is -2.05. The maximum Gasteiger partial charge on any atom is 0.229 e. The first-order chi connectivity index (χ1) is 30.4. The van der Waals surface area contributed by atoms with E-state index < -0.39 is 160 Å². The quantitative estimate of drug-likeness (QED) is 0.0709. The number of methoxy groups -OCH3 is 1. The molecule has 0 amide bonds. The zero-order valence-electron chi connectivity index (χ0n) is 33.9. The van der Waals surface area contributed by atoms with Crippen LogP contribution >= 0.6 is 0 Å². The highest BCUT2D eigenvalue weighted by Gasteiger charge is 2.53. The van der Waals surface area contributed by atoms with Crippen molar-refractivity contribution in [2.24, 2.45) is 0 Å². The number of ether oxygens (including phenoxy) is 9. The van der Waals surface area contributed by atoms with Crippen molar-refractivity contribution in [1.29, 1.82) is 0 Å². The maximum absolute atomic E-state index is 12.9. The molecule has 0 radical (unpaired) electrons. The van der Waals surface area contributed by atoms with E-state index in [2.05, 4.69) is 0 Å². The molecule has 2 aromatic carbocycles. The fourth-order valence-electron chi connectivity index (χ4n) is 7.96. The average Bonchev–Trinajstić information content (AvgIpc) is 3.26. The molecule has 5 heterocycles. The molecule has 64 heavy (non-hydrogen) atoms. The molecule has 358 valence electrons. The van der Waals surface area contributed by atoms with Crippen LogP contribution in [0.4, 0.5) is 0 Å². The Hall–Kier alpha value is -3.49. The molecule has 20 atom stereocenters. The van der Waals surface area contributed by atoms with Crippen LogP contribution in [0.5, 0.6) is 17.2 Å². The molecule has 4 aliphatic rings. The monoisotopic (exact) mass is 920 g/mol. The van der Waals surface area contributed by atoms with E-state index in [9.17, 15) is 76.3 Å². The van der Waals surface area contributed by atoms with Crippen LogP contribution in [0.3, 0.4) is 0 Å². The SMILES string of the molecule is COc1cc(OC2OC(COC3OC(CO)C(O)C(OC4OC(COC5OC(CO)C(O)C(O)C5O)C(O)C(O)C4O)C3O)C(O)C(O)C2O)c2c(O)c3c(=O)cc(C)oc3cc2c1. The van der Waals surface area contributed by atoms with Crippen molar-refractivity contribution in [1.82, 2.24) is 0 Å². The Labute approximate surface area is 360 Å². The molecule has 4 aliphatic heterocycles. The minimum Gasteiger partial charge on any atom is -0.506 e. The zero-order chi connectivity index (χ0) is 46.5. The van der Waals surface area contributed by atoms with Gasteiger partial charge in [0.1, 0.15) is 132 Å². The molecule has 1 aromatic heterocycles. The third kappa shape index (κ3) is 9.27. The Morgan fingerprint density at radius 1 is 0.562 bits per heavy atom. The van der Waals surface area contributed by atoms with E-state index in [1.54, 1.807) is 6.92 Å². The van der Waals surface area contributed by atoms with Gasteiger partial charge in [-0.3, -0.25) is 4.79 Å². The van der Waals surface area contributed by atoms with Gasteiger partial charge in [-0.05, 0) is 24.4 Å². The molecule has 0 spiro atoms. The number of hydrogen-bond acceptors (Lipinski definition) is 25. The van der Waals surface area contributed by atoms with Gasteiger partial charge in [0.25, 0.3) is 0 Å². The number of aromatic hydroxyl groups is 1. The highest BCUT2D eigenvalue weighted by Crippen LogP contribution is 2.42. The highest BCUT2D eigenvalue weighted by atomic mass is 16.8. The molecule has 0 saturated carbocycles. The summed E-state index contributed by atoms with van der Waals surface area (Å²) in [5, 5.41) is 149. The molecule has 4 saturated heterocycles. The van der Waals surface area contributed by atoms with E-state index in [1.807, 2.05) is 0 Å². The van der Waals surface area contributed by atoms with Crippen molar-refractivity contribution < 1.29 is 119 Å². The van der Waals surface area contributed by atoms with Crippen molar-refractivity contribution in [3.63, 3.8) is 0 Å². The standard InChI is InChI=1S/C39H52O25/c1-11-3-14(42)22-15(58-11)5-12-4-13(55-2)6-16(21(12)27(22)47)59-38-32(52)29(49)24(44)19(62-38)10-57-37-34(54)35(26(46)18(8-41)61-37)64-39-33(53)30(50)25(45)20(63-39)9-56-36-31(51)28(48)23(43)17(7-40)60-36/h3-6,17-20,23-26,28-41,43-54H,7-10H2,1-2H3. The number of rotatable bonds is 13. The average molecular weight is 921 g/mol. The Kier molecular flexibility index (Phi) is 15.0. The molecule has 14 N–H and O–H groups in total. The number of phenolic OH excluding ortho intramolecular Hbond substituents is 1. The number of hydrogen-bond donors (Lipinski definition) is 14. The largest absolute Gasteiger partial charge is 0.506 e. The number of phenols is 1. The van der Waals surface area contributed by atoms with E-state index in [1.165, 1.54) is 31.4 Å². The van der Waals surface area contributed by atoms with Crippen molar-refractivity contribution in [3.8, 4) is 17.2 Å². The Bertz CT molecular complexity index is 2120. The van der Waals surface area contributed by atoms with Gasteiger partial charge in [0.15, 0.2) is 24.3 Å². The van der Waals surface area contributed by atoms with Crippen LogP contribution in [0.15, 0.2) is 33.5 Å². The lowest BCUT2D eigenvalue weighted by Crippen LogP contribution is -2.65. The van der Waals surface area contributed by atoms with Gasteiger partial charge < -0.3 is 119 Å². The van der Waals surface area contributed by atoms with Gasteiger partial charge in [-0.2, -0.15) is 0 Å². The molecule has 4 fully saturated rings. The van der Waals surface area contributed by atoms with Crippen LogP contribution < -0.4 is 14.9 Å². The lowest BCUT2D eigenvalue weighted by atomic mass is 9.96. The summed E-state index contributed by atoms with van der Waals surface area (Å²) in [6, 6.07) is 5.44. The first kappa shape index (κ1) is 48.4. The van der Waals surface area contributed by atoms with Gasteiger partial charge in [0.2, 0.25) is 6.29 Å². The summed E-state index contributed by atoms with van der Waals surface area (Å²) in [6.45, 7) is -1.61. The second-order valence-corrected chi connectivity index (χ2v) is 15.9. The van der Waals surface area contributed by atoms with E-state index in [0.29, 0.717) is 0 Å². The summed E-state index contributed by atoms with van der Waals surface area (Å²) in [6.07, 6.45) is -36.2. The van der Waals surface area contributed by atoms with Gasteiger partial charge in [0, 0.05) is 12.1 Å². The third-order valence-corrected chi connectivity index (χ3v) is 11.6. The van der Waals surface area contributed by atoms with Gasteiger partial charge in [-0.25, -0.2) is 0 Å². The molecule has 3 aromatic rings. The predicted octanol–water partition coefficient (Wildman–Crippen LogP) is -6.38. The van der Waals surface area contributed by atoms with Crippen LogP contribution in [-0.2, 0) is 33.2 Å². The summed E-state index contributed by atoms with van der Waals surface area (Å²) in [7, 11) is 1.34. The van der Waals surface area contributed by atoms with Crippen molar-refractivity contribution in [2.45, 2.75) is 130 Å². The highest BCUT2D eigenvalue weighted by molar-refractivity contribution is 6.06. The van der Waals surface area contributed by atoms with Gasteiger partial charge in [-0.1, -0.05) is 0 Å². The summed E-state index contributed by atoms with van der Waals surface area (Å²) in [5.74, 6) is -0.269. The summed E-state index contributed by atoms with van der Waals surface area (Å²) >= 11 is 0. The van der Waals surface area contributed by atoms with Gasteiger partial charge in [0.05, 0.1) is 38.9 Å². The van der Waals surface area contributed by atoms with E-state index in [4.69, 9.17) is 47.0 Å². The van der Waals surface area contributed by atoms with Crippen LogP contribution in [0.1, 0.15) is 5.76 Å². The Morgan fingerprint density at radius 2 is 1.06 bits per heavy atom. The summed E-state index contributed by atoms with van der Waals surface area (Å²) in [4.78, 5) is 12.9. The van der Waals surface area contributed by atoms with Crippen molar-refractivity contribution in [3.05, 3.63) is 40.2 Å². The fourth-order valence-corrected chi connectivity index (χ4v) is 7.96. The number of aliphatic hydroxyl groups is 13. The third-order valence-electron chi connectivity index (χ3n) is 11.6. The second kappa shape index (κ2) is 19.8. The fraction of sp³-hybridized carbons (Fsp3) is 0.667. The van der Waals surface area contributed by atoms with Crippen LogP contribution in [0.2, 0.25) is 0 Å². The van der Waals surface area contributed by atoms with Crippen molar-refractivity contribution >= 4 is 21.7 Å². The molecule has 25 heteroatoms. The summed E-state index contributed by atoms with van der Waals surface area (Å²) in [5.41, 5.74) is -0.513. The lowest BCUT2D eigenvalue weighted by Gasteiger charge is -2.46. The number of aliphatic hydroxyl groups excluding tert-OH is 13. The number of aryl methyl sites for hydroxylation is 1. The molecule has 7 rings (SSSR count). The Morgan fingerprint density at radius 3 is 1.64 bits per heavy atom. The molecular weight excluding hydrogens is 868 g/mol. The topological polar surface area (TPSA) is 397 Å². The van der Waals surface area contributed by atoms with Crippen molar-refractivity contribution in [2.75, 3.05) is 33.5 Å². The molecule has 20 unspecified atom stereocenters. The smallest absolute Gasteiger partial charge is 0.229 e. The van der Waals surface area contributed by atoms with Gasteiger partial charge >= 0.3 is 0 Å². The normalized spacial score (nSPS) is 40.7. The molecule has 0 bridgehead atoms. The van der Waals surface area contributed by atoms with E-state index in [0.717, 1.165) is 0 Å². The van der Waals surface area contributed by atoms with Crippen LogP contribution in [0.25, 0.3) is 21.7 Å². The lowest BCUT2D eigenvalue weighted by molar-refractivity contribution is -0.369. The predicted molar refractivity (Wildman–Crippen MR) is 205 cm³/mol. The Balaban J connectivity index is 1.05. The zero-order valence-corrected chi connectivity index (χ0v) is 33.9. The van der Waals surface area contributed by atoms with Gasteiger partial charge in [-0.15, -0.1) is 0 Å². The first-order valence-electron chi connectivity index (χ1n) is 20.0. The minimum absolute atomic E-state index is 0.0335. The first-order valence-corrected chi connectivity index (χ1v) is 20.0.